The van der Waals surface area contributed by atoms with E-state index in [9.17, 15) is 19.8 Å². The maximum Gasteiger partial charge on any atom is 0.0481 e. The highest BCUT2D eigenvalue weighted by atomic mass is 16.4. The second-order valence-corrected chi connectivity index (χ2v) is 8.93. The van der Waals surface area contributed by atoms with Crippen molar-refractivity contribution in [3.8, 4) is 0 Å². The quantitative estimate of drug-likeness (QED) is 0.630. The standard InChI is InChI=1S/C22H38O4/c1-16(18-10-5-3-6-11-18)22(21(25)26,15-9-14-20(23)24)17(2)19-12-7-4-8-13-19/h16-19H,3-15H2,1-2H3,(H,23,24)(H,25,26)/p-2. The van der Waals surface area contributed by atoms with Crippen LogP contribution >= 0.6 is 0 Å². The van der Waals surface area contributed by atoms with Gasteiger partial charge in [0.25, 0.3) is 0 Å². The molecule has 26 heavy (non-hydrogen) atoms. The van der Waals surface area contributed by atoms with Crippen molar-refractivity contribution in [1.82, 2.24) is 0 Å². The lowest BCUT2D eigenvalue weighted by molar-refractivity contribution is -0.329. The zero-order valence-electron chi connectivity index (χ0n) is 16.6. The predicted molar refractivity (Wildman–Crippen MR) is 97.8 cm³/mol. The van der Waals surface area contributed by atoms with Crippen molar-refractivity contribution in [2.24, 2.45) is 29.1 Å². The van der Waals surface area contributed by atoms with E-state index in [-0.39, 0.29) is 18.3 Å². The monoisotopic (exact) mass is 364 g/mol. The minimum absolute atomic E-state index is 0.0338. The van der Waals surface area contributed by atoms with Crippen LogP contribution < -0.4 is 10.2 Å². The van der Waals surface area contributed by atoms with Gasteiger partial charge >= 0.3 is 0 Å². The van der Waals surface area contributed by atoms with Crippen molar-refractivity contribution in [3.05, 3.63) is 0 Å². The molecule has 2 atom stereocenters. The second kappa shape index (κ2) is 9.75. The van der Waals surface area contributed by atoms with Crippen molar-refractivity contribution in [1.29, 1.82) is 0 Å². The summed E-state index contributed by atoms with van der Waals surface area (Å²) in [5, 5.41) is 23.5. The molecule has 0 amide bonds. The highest BCUT2D eigenvalue weighted by Crippen LogP contribution is 2.51. The summed E-state index contributed by atoms with van der Waals surface area (Å²) in [5.74, 6) is -1.15. The van der Waals surface area contributed by atoms with E-state index >= 15 is 0 Å². The average molecular weight is 365 g/mol. The van der Waals surface area contributed by atoms with Gasteiger partial charge < -0.3 is 19.8 Å². The number of aliphatic carboxylic acids is 2. The van der Waals surface area contributed by atoms with Gasteiger partial charge in [-0.05, 0) is 42.9 Å². The molecule has 0 aromatic carbocycles. The Morgan fingerprint density at radius 1 is 0.846 bits per heavy atom. The maximum atomic E-state index is 12.6. The van der Waals surface area contributed by atoms with E-state index < -0.39 is 17.4 Å². The van der Waals surface area contributed by atoms with Crippen molar-refractivity contribution in [2.75, 3.05) is 0 Å². The fourth-order valence-corrected chi connectivity index (χ4v) is 5.98. The third-order valence-electron chi connectivity index (χ3n) is 7.69. The molecule has 0 heterocycles. The molecule has 0 spiro atoms. The smallest absolute Gasteiger partial charge is 0.0481 e. The van der Waals surface area contributed by atoms with Gasteiger partial charge in [-0.25, -0.2) is 0 Å². The van der Waals surface area contributed by atoms with E-state index in [1.807, 2.05) is 0 Å². The molecule has 0 aromatic heterocycles. The summed E-state index contributed by atoms with van der Waals surface area (Å²) in [6.45, 7) is 4.20. The SMILES string of the molecule is CC(C1CCCCC1)C(CCCC(=O)[O-])(C(=O)[O-])C(C)C1CCCCC1. The number of hydrogen-bond donors (Lipinski definition) is 0. The molecule has 4 nitrogen and oxygen atoms in total. The predicted octanol–water partition coefficient (Wildman–Crippen LogP) is 3.08. The minimum Gasteiger partial charge on any atom is -0.550 e. The van der Waals surface area contributed by atoms with Crippen LogP contribution in [0.25, 0.3) is 0 Å². The molecule has 0 aliphatic heterocycles. The molecule has 0 bridgehead atoms. The maximum absolute atomic E-state index is 12.6. The van der Waals surface area contributed by atoms with Crippen molar-refractivity contribution >= 4 is 11.9 Å². The Balaban J connectivity index is 2.28. The molecule has 0 aromatic rings. The molecule has 4 heteroatoms. The number of carbonyl (C=O) groups excluding carboxylic acids is 2. The van der Waals surface area contributed by atoms with Gasteiger partial charge in [-0.1, -0.05) is 78.1 Å². The highest BCUT2D eigenvalue weighted by Gasteiger charge is 2.47. The van der Waals surface area contributed by atoms with E-state index in [1.54, 1.807) is 0 Å². The number of hydrogen-bond acceptors (Lipinski definition) is 4. The normalized spacial score (nSPS) is 24.5. The van der Waals surface area contributed by atoms with Gasteiger partial charge in [0.1, 0.15) is 0 Å². The molecule has 2 aliphatic rings. The summed E-state index contributed by atoms with van der Waals surface area (Å²) >= 11 is 0. The number of carboxylic acids is 2. The Labute approximate surface area is 158 Å². The lowest BCUT2D eigenvalue weighted by Crippen LogP contribution is -2.54. The van der Waals surface area contributed by atoms with Crippen LogP contribution in [0.5, 0.6) is 0 Å². The van der Waals surface area contributed by atoms with Crippen LogP contribution in [0.3, 0.4) is 0 Å². The first kappa shape index (κ1) is 21.2. The average Bonchev–Trinajstić information content (AvgIpc) is 2.65. The Bertz CT molecular complexity index is 437. The van der Waals surface area contributed by atoms with E-state index in [2.05, 4.69) is 13.8 Å². The fourth-order valence-electron chi connectivity index (χ4n) is 5.98. The van der Waals surface area contributed by atoms with Gasteiger partial charge in [0.2, 0.25) is 0 Å². The van der Waals surface area contributed by atoms with Crippen molar-refractivity contribution in [2.45, 2.75) is 97.3 Å². The number of carboxylic acid groups (broad SMARTS) is 2. The second-order valence-electron chi connectivity index (χ2n) is 8.93. The summed E-state index contributed by atoms with van der Waals surface area (Å²) < 4.78 is 0. The zero-order valence-corrected chi connectivity index (χ0v) is 16.6. The van der Waals surface area contributed by atoms with Crippen LogP contribution in [0.4, 0.5) is 0 Å². The largest absolute Gasteiger partial charge is 0.550 e. The highest BCUT2D eigenvalue weighted by molar-refractivity contribution is 5.73. The van der Waals surface area contributed by atoms with Gasteiger partial charge in [-0.3, -0.25) is 0 Å². The molecule has 2 saturated carbocycles. The van der Waals surface area contributed by atoms with Crippen LogP contribution in [0.2, 0.25) is 0 Å². The Morgan fingerprint density at radius 2 is 1.27 bits per heavy atom. The summed E-state index contributed by atoms with van der Waals surface area (Å²) in [6, 6.07) is 0. The molecule has 2 aliphatic carbocycles. The summed E-state index contributed by atoms with van der Waals surface area (Å²) in [6.07, 6.45) is 12.2. The minimum atomic E-state index is -1.09. The van der Waals surface area contributed by atoms with Crippen LogP contribution in [0.15, 0.2) is 0 Å². The molecule has 0 N–H and O–H groups in total. The number of rotatable bonds is 9. The van der Waals surface area contributed by atoms with Gasteiger partial charge in [-0.15, -0.1) is 0 Å². The lowest BCUT2D eigenvalue weighted by Gasteiger charge is -2.51. The van der Waals surface area contributed by atoms with Crippen LogP contribution in [0, 0.1) is 29.1 Å². The molecule has 0 saturated heterocycles. The van der Waals surface area contributed by atoms with Crippen molar-refractivity contribution in [3.63, 3.8) is 0 Å². The van der Waals surface area contributed by atoms with Crippen LogP contribution in [-0.2, 0) is 9.59 Å². The molecular weight excluding hydrogens is 328 g/mol. The summed E-state index contributed by atoms with van der Waals surface area (Å²) in [5.41, 5.74) is -0.917. The Hall–Kier alpha value is -1.06. The van der Waals surface area contributed by atoms with E-state index in [1.165, 1.54) is 38.5 Å². The molecule has 2 rings (SSSR count). The van der Waals surface area contributed by atoms with Gasteiger partial charge in [0.15, 0.2) is 0 Å². The van der Waals surface area contributed by atoms with E-state index in [0.29, 0.717) is 24.7 Å². The molecule has 0 radical (unpaired) electrons. The third-order valence-corrected chi connectivity index (χ3v) is 7.69. The van der Waals surface area contributed by atoms with E-state index in [0.717, 1.165) is 25.7 Å². The first-order chi connectivity index (χ1) is 12.4. The van der Waals surface area contributed by atoms with Crippen LogP contribution in [-0.4, -0.2) is 11.9 Å². The van der Waals surface area contributed by atoms with E-state index in [4.69, 9.17) is 0 Å². The first-order valence-corrected chi connectivity index (χ1v) is 10.8. The molecular formula is C22H36O4-2. The lowest BCUT2D eigenvalue weighted by atomic mass is 9.55. The Morgan fingerprint density at radius 3 is 1.62 bits per heavy atom. The Kier molecular flexibility index (Phi) is 7.97. The van der Waals surface area contributed by atoms with Gasteiger partial charge in [-0.2, -0.15) is 0 Å². The van der Waals surface area contributed by atoms with Crippen molar-refractivity contribution < 1.29 is 19.8 Å². The summed E-state index contributed by atoms with van der Waals surface area (Å²) in [7, 11) is 0. The van der Waals surface area contributed by atoms with Gasteiger partial charge in [0.05, 0.1) is 0 Å². The topological polar surface area (TPSA) is 80.3 Å². The molecule has 2 fully saturated rings. The van der Waals surface area contributed by atoms with Crippen LogP contribution in [0.1, 0.15) is 97.3 Å². The fraction of sp³-hybridized carbons (Fsp3) is 0.909. The first-order valence-electron chi connectivity index (χ1n) is 10.8. The zero-order chi connectivity index (χ0) is 19.2. The van der Waals surface area contributed by atoms with Gasteiger partial charge in [0, 0.05) is 17.4 Å². The number of carbonyl (C=O) groups is 2. The third kappa shape index (κ3) is 4.80. The molecule has 2 unspecified atom stereocenters. The summed E-state index contributed by atoms with van der Waals surface area (Å²) in [4.78, 5) is 23.5. The molecule has 150 valence electrons.